The maximum absolute atomic E-state index is 10.6. The van der Waals surface area contributed by atoms with E-state index in [1.165, 1.54) is 4.90 Å². The van der Waals surface area contributed by atoms with Crippen LogP contribution < -0.4 is 0 Å². The molecule has 1 aliphatic rings. The van der Waals surface area contributed by atoms with E-state index in [2.05, 4.69) is 0 Å². The summed E-state index contributed by atoms with van der Waals surface area (Å²) < 4.78 is 0. The van der Waals surface area contributed by atoms with E-state index in [9.17, 15) is 20.2 Å². The van der Waals surface area contributed by atoms with E-state index in [0.717, 1.165) is 10.0 Å². The Kier molecular flexibility index (Phi) is 4.19. The molecule has 0 spiro atoms. The number of aliphatic hydroxyl groups is 1. The summed E-state index contributed by atoms with van der Waals surface area (Å²) in [5, 5.41) is 30.5. The van der Waals surface area contributed by atoms with Gasteiger partial charge in [0.1, 0.15) is 26.4 Å². The lowest BCUT2D eigenvalue weighted by molar-refractivity contribution is -0.666. The molecule has 16 heavy (non-hydrogen) atoms. The van der Waals surface area contributed by atoms with Gasteiger partial charge in [-0.15, -0.1) is 10.0 Å². The Morgan fingerprint density at radius 3 is 1.81 bits per heavy atom. The molecule has 0 aromatic rings. The predicted octanol–water partition coefficient (Wildman–Crippen LogP) is -1.80. The van der Waals surface area contributed by atoms with E-state index in [1.54, 1.807) is 0 Å². The fourth-order valence-electron chi connectivity index (χ4n) is 1.43. The Balaban J connectivity index is 2.67. The summed E-state index contributed by atoms with van der Waals surface area (Å²) in [5.74, 6) is 0. The van der Waals surface area contributed by atoms with Crippen molar-refractivity contribution < 1.29 is 15.2 Å². The van der Waals surface area contributed by atoms with Gasteiger partial charge in [-0.2, -0.15) is 0 Å². The third-order valence-corrected chi connectivity index (χ3v) is 2.22. The lowest BCUT2D eigenvalue weighted by atomic mass is 10.6. The van der Waals surface area contributed by atoms with Crippen molar-refractivity contribution in [3.8, 4) is 0 Å². The highest BCUT2D eigenvalue weighted by atomic mass is 16.7. The molecule has 10 heteroatoms. The molecule has 1 rings (SSSR count). The van der Waals surface area contributed by atoms with Crippen LogP contribution in [0.15, 0.2) is 0 Å². The number of hydrazine groups is 2. The summed E-state index contributed by atoms with van der Waals surface area (Å²) in [6.45, 7) is -0.132. The van der Waals surface area contributed by atoms with Gasteiger partial charge in [-0.3, -0.25) is 4.90 Å². The minimum Gasteiger partial charge on any atom is -0.395 e. The number of hydrogen-bond donors (Lipinski definition) is 1. The Hall–Kier alpha value is -1.68. The van der Waals surface area contributed by atoms with Gasteiger partial charge in [-0.1, -0.05) is 0 Å². The van der Waals surface area contributed by atoms with Gasteiger partial charge >= 0.3 is 0 Å². The summed E-state index contributed by atoms with van der Waals surface area (Å²) >= 11 is 0. The van der Waals surface area contributed by atoms with Crippen molar-refractivity contribution >= 4 is 0 Å². The SMILES string of the molecule is O=[N+]([O-])N1CCN([N+](=O)[O-])CN(CCO)C1. The van der Waals surface area contributed by atoms with Crippen molar-refractivity contribution in [3.63, 3.8) is 0 Å². The van der Waals surface area contributed by atoms with Crippen molar-refractivity contribution in [2.24, 2.45) is 0 Å². The van der Waals surface area contributed by atoms with Gasteiger partial charge in [-0.05, 0) is 0 Å². The lowest BCUT2D eigenvalue weighted by Crippen LogP contribution is -2.43. The molecule has 1 heterocycles. The number of β-amino-alcohol motifs (C(OH)–C–C–N with tert-alkyl or cyclic N) is 1. The van der Waals surface area contributed by atoms with Gasteiger partial charge in [0.15, 0.2) is 10.1 Å². The first-order valence-electron chi connectivity index (χ1n) is 4.66. The summed E-state index contributed by atoms with van der Waals surface area (Å²) in [6, 6.07) is 0. The zero-order valence-electron chi connectivity index (χ0n) is 8.56. The zero-order chi connectivity index (χ0) is 12.1. The van der Waals surface area contributed by atoms with E-state index in [-0.39, 0.29) is 39.6 Å². The third-order valence-electron chi connectivity index (χ3n) is 2.22. The first-order valence-corrected chi connectivity index (χ1v) is 4.66. The molecule has 1 N–H and O–H groups in total. The molecule has 0 aromatic heterocycles. The van der Waals surface area contributed by atoms with Crippen LogP contribution in [0.2, 0.25) is 0 Å². The van der Waals surface area contributed by atoms with Crippen molar-refractivity contribution in [1.82, 2.24) is 14.9 Å². The quantitative estimate of drug-likeness (QED) is 0.448. The van der Waals surface area contributed by atoms with Crippen LogP contribution in [0.3, 0.4) is 0 Å². The van der Waals surface area contributed by atoms with Gasteiger partial charge in [-0.25, -0.2) is 20.2 Å². The Morgan fingerprint density at radius 2 is 1.50 bits per heavy atom. The molecule has 0 amide bonds. The van der Waals surface area contributed by atoms with Crippen LogP contribution in [0.4, 0.5) is 0 Å². The van der Waals surface area contributed by atoms with Gasteiger partial charge in [0.2, 0.25) is 0 Å². The molecule has 1 fully saturated rings. The Labute approximate surface area is 90.9 Å². The van der Waals surface area contributed by atoms with Crippen LogP contribution in [0, 0.1) is 20.2 Å². The number of rotatable bonds is 4. The molecular weight excluding hydrogens is 222 g/mol. The molecular formula is C6H13N5O5. The topological polar surface area (TPSA) is 116 Å². The molecule has 1 aliphatic heterocycles. The van der Waals surface area contributed by atoms with E-state index in [0.29, 0.717) is 0 Å². The average Bonchev–Trinajstić information content (AvgIpc) is 2.41. The predicted molar refractivity (Wildman–Crippen MR) is 50.9 cm³/mol. The van der Waals surface area contributed by atoms with E-state index in [1.807, 2.05) is 0 Å². The molecule has 0 unspecified atom stereocenters. The highest BCUT2D eigenvalue weighted by molar-refractivity contribution is 4.60. The maximum Gasteiger partial charge on any atom is 0.161 e. The van der Waals surface area contributed by atoms with Crippen LogP contribution in [0.1, 0.15) is 0 Å². The minimum atomic E-state index is -0.589. The number of hydrogen-bond acceptors (Lipinski definition) is 6. The highest BCUT2D eigenvalue weighted by Gasteiger charge is 2.29. The fourth-order valence-corrected chi connectivity index (χ4v) is 1.43. The Morgan fingerprint density at radius 1 is 1.06 bits per heavy atom. The van der Waals surface area contributed by atoms with Crippen molar-refractivity contribution in [1.29, 1.82) is 0 Å². The highest BCUT2D eigenvalue weighted by Crippen LogP contribution is 2.04. The molecule has 10 nitrogen and oxygen atoms in total. The molecule has 0 atom stereocenters. The lowest BCUT2D eigenvalue weighted by Gasteiger charge is -2.21. The van der Waals surface area contributed by atoms with E-state index < -0.39 is 10.1 Å². The number of nitrogens with zero attached hydrogens (tertiary/aromatic N) is 5. The first-order chi connectivity index (χ1) is 7.54. The monoisotopic (exact) mass is 235 g/mol. The van der Waals surface area contributed by atoms with Crippen LogP contribution in [0.25, 0.3) is 0 Å². The van der Waals surface area contributed by atoms with Crippen LogP contribution in [0.5, 0.6) is 0 Å². The van der Waals surface area contributed by atoms with E-state index >= 15 is 0 Å². The normalized spacial score (nSPS) is 18.3. The molecule has 92 valence electrons. The minimum absolute atomic E-state index is 0.0179. The van der Waals surface area contributed by atoms with Gasteiger partial charge < -0.3 is 5.11 Å². The fraction of sp³-hybridized carbons (Fsp3) is 1.00. The largest absolute Gasteiger partial charge is 0.395 e. The van der Waals surface area contributed by atoms with Crippen LogP contribution in [-0.2, 0) is 0 Å². The Bertz CT molecular complexity index is 250. The standard InChI is InChI=1S/C6H13N5O5/c12-4-3-7-5-8(10(13)14)1-2-9(6-7)11(15)16/h12H,1-6H2. The second-order valence-electron chi connectivity index (χ2n) is 3.34. The van der Waals surface area contributed by atoms with Crippen molar-refractivity contribution in [2.45, 2.75) is 0 Å². The van der Waals surface area contributed by atoms with Crippen molar-refractivity contribution in [2.75, 3.05) is 39.6 Å². The van der Waals surface area contributed by atoms with Gasteiger partial charge in [0.25, 0.3) is 0 Å². The summed E-state index contributed by atoms with van der Waals surface area (Å²) in [7, 11) is 0. The molecule has 1 saturated heterocycles. The maximum atomic E-state index is 10.6. The molecule has 0 aromatic carbocycles. The van der Waals surface area contributed by atoms with Crippen molar-refractivity contribution in [3.05, 3.63) is 20.2 Å². The third kappa shape index (κ3) is 3.17. The molecule has 0 bridgehead atoms. The van der Waals surface area contributed by atoms with Crippen LogP contribution in [-0.4, -0.2) is 69.7 Å². The molecule has 0 saturated carbocycles. The smallest absolute Gasteiger partial charge is 0.161 e. The van der Waals surface area contributed by atoms with Crippen LogP contribution >= 0.6 is 0 Å². The molecule has 0 aliphatic carbocycles. The van der Waals surface area contributed by atoms with Gasteiger partial charge in [0, 0.05) is 6.54 Å². The average molecular weight is 235 g/mol. The number of aliphatic hydroxyl groups excluding tert-OH is 1. The number of nitro groups is 2. The summed E-state index contributed by atoms with van der Waals surface area (Å²) in [6.07, 6.45) is 0. The zero-order valence-corrected chi connectivity index (χ0v) is 8.56. The second-order valence-corrected chi connectivity index (χ2v) is 3.34. The van der Waals surface area contributed by atoms with Gasteiger partial charge in [0.05, 0.1) is 6.61 Å². The first kappa shape index (κ1) is 12.4. The molecule has 0 radical (unpaired) electrons. The second kappa shape index (κ2) is 5.42. The summed E-state index contributed by atoms with van der Waals surface area (Å²) in [4.78, 5) is 22.6. The van der Waals surface area contributed by atoms with E-state index in [4.69, 9.17) is 5.11 Å². The summed E-state index contributed by atoms with van der Waals surface area (Å²) in [5.41, 5.74) is 0.